The summed E-state index contributed by atoms with van der Waals surface area (Å²) in [5.74, 6) is -0.551. The molecule has 0 spiro atoms. The van der Waals surface area contributed by atoms with Gasteiger partial charge in [-0.15, -0.1) is 0 Å². The zero-order chi connectivity index (χ0) is 13.8. The highest BCUT2D eigenvalue weighted by Gasteiger charge is 2.26. The predicted molar refractivity (Wildman–Crippen MR) is 73.3 cm³/mol. The second-order valence-corrected chi connectivity index (χ2v) is 5.06. The van der Waals surface area contributed by atoms with E-state index >= 15 is 0 Å². The van der Waals surface area contributed by atoms with Gasteiger partial charge in [0, 0.05) is 23.2 Å². The molecule has 1 aliphatic carbocycles. The normalized spacial score (nSPS) is 22.7. The molecule has 2 amide bonds. The van der Waals surface area contributed by atoms with Crippen LogP contribution in [0.5, 0.6) is 0 Å². The molecule has 1 aromatic carbocycles. The molecule has 2 unspecified atom stereocenters. The minimum Gasteiger partial charge on any atom is -0.399 e. The van der Waals surface area contributed by atoms with Crippen molar-refractivity contribution in [2.75, 3.05) is 5.73 Å². The molecule has 19 heavy (non-hydrogen) atoms. The molecule has 1 saturated carbocycles. The van der Waals surface area contributed by atoms with Crippen LogP contribution in [-0.2, 0) is 4.79 Å². The van der Waals surface area contributed by atoms with Crippen LogP contribution in [0.3, 0.4) is 0 Å². The lowest BCUT2D eigenvalue weighted by Crippen LogP contribution is -2.41. The van der Waals surface area contributed by atoms with Crippen molar-refractivity contribution >= 4 is 17.5 Å². The first-order valence-corrected chi connectivity index (χ1v) is 6.52. The van der Waals surface area contributed by atoms with Crippen LogP contribution >= 0.6 is 0 Å². The topological polar surface area (TPSA) is 98.2 Å². The number of nitrogen functional groups attached to an aromatic ring is 1. The van der Waals surface area contributed by atoms with E-state index in [4.69, 9.17) is 11.5 Å². The van der Waals surface area contributed by atoms with Gasteiger partial charge in [-0.25, -0.2) is 0 Å². The molecule has 0 aliphatic heterocycles. The number of rotatable bonds is 3. The molecule has 0 heterocycles. The number of benzene rings is 1. The van der Waals surface area contributed by atoms with Gasteiger partial charge in [-0.2, -0.15) is 0 Å². The Hall–Kier alpha value is -2.04. The summed E-state index contributed by atoms with van der Waals surface area (Å²) in [6.45, 7) is 0. The zero-order valence-electron chi connectivity index (χ0n) is 10.8. The Morgan fingerprint density at radius 1 is 1.26 bits per heavy atom. The fourth-order valence-electron chi connectivity index (χ4n) is 2.53. The Morgan fingerprint density at radius 3 is 2.74 bits per heavy atom. The van der Waals surface area contributed by atoms with E-state index < -0.39 is 0 Å². The molecule has 102 valence electrons. The van der Waals surface area contributed by atoms with Crippen molar-refractivity contribution in [1.82, 2.24) is 5.32 Å². The Bertz CT molecular complexity index is 487. The van der Waals surface area contributed by atoms with Crippen molar-refractivity contribution in [3.8, 4) is 0 Å². The first-order valence-electron chi connectivity index (χ1n) is 6.52. The SMILES string of the molecule is NC(=O)C1CCCC(NC(=O)c2cccc(N)c2)C1. The molecule has 2 atom stereocenters. The third-order valence-corrected chi connectivity index (χ3v) is 3.56. The maximum atomic E-state index is 12.1. The van der Waals surface area contributed by atoms with Gasteiger partial charge < -0.3 is 16.8 Å². The van der Waals surface area contributed by atoms with Gasteiger partial charge >= 0.3 is 0 Å². The van der Waals surface area contributed by atoms with Crippen LogP contribution in [0.4, 0.5) is 5.69 Å². The van der Waals surface area contributed by atoms with Crippen LogP contribution in [0.25, 0.3) is 0 Å². The van der Waals surface area contributed by atoms with Gasteiger partial charge in [0.15, 0.2) is 0 Å². The van der Waals surface area contributed by atoms with Crippen molar-refractivity contribution in [1.29, 1.82) is 0 Å². The summed E-state index contributed by atoms with van der Waals surface area (Å²) < 4.78 is 0. The van der Waals surface area contributed by atoms with Gasteiger partial charge in [0.1, 0.15) is 0 Å². The molecule has 0 aromatic heterocycles. The molecule has 0 bridgehead atoms. The average Bonchev–Trinajstić information content (AvgIpc) is 2.39. The van der Waals surface area contributed by atoms with E-state index in [9.17, 15) is 9.59 Å². The lowest BCUT2D eigenvalue weighted by atomic mass is 9.85. The van der Waals surface area contributed by atoms with Crippen LogP contribution in [0.1, 0.15) is 36.0 Å². The standard InChI is InChI=1S/C14H19N3O2/c15-11-5-1-4-10(7-11)14(19)17-12-6-2-3-9(8-12)13(16)18/h1,4-5,7,9,12H,2-3,6,8,15H2,(H2,16,18)(H,17,19). The number of nitrogens with two attached hydrogens (primary N) is 2. The highest BCUT2D eigenvalue weighted by molar-refractivity contribution is 5.95. The van der Waals surface area contributed by atoms with E-state index in [1.165, 1.54) is 0 Å². The van der Waals surface area contributed by atoms with E-state index in [0.717, 1.165) is 19.3 Å². The average molecular weight is 261 g/mol. The van der Waals surface area contributed by atoms with Crippen LogP contribution in [-0.4, -0.2) is 17.9 Å². The van der Waals surface area contributed by atoms with Crippen LogP contribution in [0.15, 0.2) is 24.3 Å². The number of hydrogen-bond donors (Lipinski definition) is 3. The minimum atomic E-state index is -0.275. The molecule has 1 aliphatic rings. The van der Waals surface area contributed by atoms with Crippen LogP contribution in [0.2, 0.25) is 0 Å². The summed E-state index contributed by atoms with van der Waals surface area (Å²) in [6, 6.07) is 6.86. The lowest BCUT2D eigenvalue weighted by Gasteiger charge is -2.27. The second-order valence-electron chi connectivity index (χ2n) is 5.06. The molecule has 0 saturated heterocycles. The number of hydrogen-bond acceptors (Lipinski definition) is 3. The highest BCUT2D eigenvalue weighted by atomic mass is 16.2. The third kappa shape index (κ3) is 3.47. The molecular weight excluding hydrogens is 242 g/mol. The Balaban J connectivity index is 1.97. The van der Waals surface area contributed by atoms with Gasteiger partial charge in [0.05, 0.1) is 0 Å². The van der Waals surface area contributed by atoms with E-state index in [1.807, 2.05) is 0 Å². The number of carbonyl (C=O) groups excluding carboxylic acids is 2. The monoisotopic (exact) mass is 261 g/mol. The van der Waals surface area contributed by atoms with Gasteiger partial charge in [0.2, 0.25) is 5.91 Å². The van der Waals surface area contributed by atoms with E-state index in [0.29, 0.717) is 17.7 Å². The van der Waals surface area contributed by atoms with Crippen molar-refractivity contribution < 1.29 is 9.59 Å². The highest BCUT2D eigenvalue weighted by Crippen LogP contribution is 2.24. The van der Waals surface area contributed by atoms with Crippen molar-refractivity contribution in [2.24, 2.45) is 11.7 Å². The first-order chi connectivity index (χ1) is 9.06. The number of anilines is 1. The Labute approximate surface area is 112 Å². The maximum absolute atomic E-state index is 12.1. The second kappa shape index (κ2) is 5.73. The van der Waals surface area contributed by atoms with Gasteiger partial charge in [-0.3, -0.25) is 9.59 Å². The van der Waals surface area contributed by atoms with Gasteiger partial charge in [0.25, 0.3) is 5.91 Å². The van der Waals surface area contributed by atoms with Crippen LogP contribution in [0, 0.1) is 5.92 Å². The Kier molecular flexibility index (Phi) is 4.04. The van der Waals surface area contributed by atoms with Crippen LogP contribution < -0.4 is 16.8 Å². The summed E-state index contributed by atoms with van der Waals surface area (Å²) in [6.07, 6.45) is 3.25. The number of carbonyl (C=O) groups is 2. The molecule has 5 heteroatoms. The van der Waals surface area contributed by atoms with Crippen molar-refractivity contribution in [3.05, 3.63) is 29.8 Å². The predicted octanol–water partition coefficient (Wildman–Crippen LogP) is 1.04. The number of amides is 2. The van der Waals surface area contributed by atoms with E-state index in [2.05, 4.69) is 5.32 Å². The summed E-state index contributed by atoms with van der Waals surface area (Å²) in [7, 11) is 0. The molecule has 5 N–H and O–H groups in total. The first kappa shape index (κ1) is 13.4. The lowest BCUT2D eigenvalue weighted by molar-refractivity contribution is -0.122. The smallest absolute Gasteiger partial charge is 0.251 e. The number of primary amides is 1. The van der Waals surface area contributed by atoms with E-state index in [1.54, 1.807) is 24.3 Å². The fourth-order valence-corrected chi connectivity index (χ4v) is 2.53. The van der Waals surface area contributed by atoms with Gasteiger partial charge in [-0.1, -0.05) is 12.5 Å². The maximum Gasteiger partial charge on any atom is 0.251 e. The van der Waals surface area contributed by atoms with Gasteiger partial charge in [-0.05, 0) is 37.5 Å². The fraction of sp³-hybridized carbons (Fsp3) is 0.429. The molecular formula is C14H19N3O2. The summed E-state index contributed by atoms with van der Waals surface area (Å²) >= 11 is 0. The molecule has 0 radical (unpaired) electrons. The number of nitrogens with one attached hydrogen (secondary N) is 1. The zero-order valence-corrected chi connectivity index (χ0v) is 10.8. The van der Waals surface area contributed by atoms with E-state index in [-0.39, 0.29) is 23.8 Å². The quantitative estimate of drug-likeness (QED) is 0.709. The summed E-state index contributed by atoms with van der Waals surface area (Å²) in [4.78, 5) is 23.3. The van der Waals surface area contributed by atoms with Crippen molar-refractivity contribution in [2.45, 2.75) is 31.7 Å². The Morgan fingerprint density at radius 2 is 2.05 bits per heavy atom. The molecule has 5 nitrogen and oxygen atoms in total. The minimum absolute atomic E-state index is 0.0141. The summed E-state index contributed by atoms with van der Waals surface area (Å²) in [5.41, 5.74) is 12.1. The molecule has 1 aromatic rings. The summed E-state index contributed by atoms with van der Waals surface area (Å²) in [5, 5.41) is 2.94. The van der Waals surface area contributed by atoms with Crippen molar-refractivity contribution in [3.63, 3.8) is 0 Å². The molecule has 2 rings (SSSR count). The largest absolute Gasteiger partial charge is 0.399 e. The third-order valence-electron chi connectivity index (χ3n) is 3.56. The molecule has 1 fully saturated rings.